The molecule has 4 heteroatoms. The summed E-state index contributed by atoms with van der Waals surface area (Å²) in [7, 11) is 0. The van der Waals surface area contributed by atoms with E-state index in [2.05, 4.69) is 10.3 Å². The molecule has 0 radical (unpaired) electrons. The Balaban J connectivity index is 1.81. The molecule has 98 valence electrons. The average Bonchev–Trinajstić information content (AvgIpc) is 3.11. The summed E-state index contributed by atoms with van der Waals surface area (Å²) in [4.78, 5) is 16.0. The summed E-state index contributed by atoms with van der Waals surface area (Å²) in [5.74, 6) is 0.0148. The number of aryl methyl sites for hydroxylation is 1. The number of nitrogens with zero attached hydrogens (tertiary/aromatic N) is 1. The molecule has 1 saturated carbocycles. The Hall–Kier alpha value is -1.42. The van der Waals surface area contributed by atoms with Gasteiger partial charge in [0.05, 0.1) is 12.1 Å². The standard InChI is InChI=1S/C14H20N2O2/c1-11-3-2-7-15-12(11)9-13(18)16-10-14(4-5-14)6-8-17/h2-3,7,17H,4-6,8-10H2,1H3,(H,16,18). The number of rotatable bonds is 6. The third-order valence-electron chi connectivity index (χ3n) is 3.71. The van der Waals surface area contributed by atoms with Crippen molar-refractivity contribution in [3.8, 4) is 0 Å². The molecule has 0 unspecified atom stereocenters. The Morgan fingerprint density at radius 1 is 1.56 bits per heavy atom. The predicted molar refractivity (Wildman–Crippen MR) is 69.1 cm³/mol. The van der Waals surface area contributed by atoms with E-state index in [1.165, 1.54) is 0 Å². The maximum atomic E-state index is 11.8. The highest BCUT2D eigenvalue weighted by atomic mass is 16.3. The first-order chi connectivity index (χ1) is 8.65. The fourth-order valence-electron chi connectivity index (χ4n) is 2.13. The Bertz CT molecular complexity index is 428. The molecule has 0 aliphatic heterocycles. The van der Waals surface area contributed by atoms with Crippen LogP contribution in [0.25, 0.3) is 0 Å². The van der Waals surface area contributed by atoms with E-state index >= 15 is 0 Å². The van der Waals surface area contributed by atoms with Crippen LogP contribution in [0.3, 0.4) is 0 Å². The quantitative estimate of drug-likeness (QED) is 0.795. The number of carbonyl (C=O) groups is 1. The molecule has 0 aromatic carbocycles. The summed E-state index contributed by atoms with van der Waals surface area (Å²) < 4.78 is 0. The van der Waals surface area contributed by atoms with Crippen LogP contribution in [-0.2, 0) is 11.2 Å². The molecule has 0 spiro atoms. The monoisotopic (exact) mass is 248 g/mol. The number of hydrogen-bond donors (Lipinski definition) is 2. The molecule has 4 nitrogen and oxygen atoms in total. The van der Waals surface area contributed by atoms with Crippen LogP contribution in [0.2, 0.25) is 0 Å². The highest BCUT2D eigenvalue weighted by Gasteiger charge is 2.41. The van der Waals surface area contributed by atoms with Gasteiger partial charge in [0.15, 0.2) is 0 Å². The zero-order chi connectivity index (χ0) is 13.0. The fraction of sp³-hybridized carbons (Fsp3) is 0.571. The highest BCUT2D eigenvalue weighted by Crippen LogP contribution is 2.47. The Morgan fingerprint density at radius 3 is 2.94 bits per heavy atom. The van der Waals surface area contributed by atoms with Crippen molar-refractivity contribution >= 4 is 5.91 Å². The molecule has 1 fully saturated rings. The zero-order valence-electron chi connectivity index (χ0n) is 10.8. The number of pyridine rings is 1. The van der Waals surface area contributed by atoms with Crippen molar-refractivity contribution in [1.29, 1.82) is 0 Å². The summed E-state index contributed by atoms with van der Waals surface area (Å²) in [6.45, 7) is 2.84. The number of amides is 1. The maximum absolute atomic E-state index is 11.8. The Kier molecular flexibility index (Phi) is 3.97. The molecule has 18 heavy (non-hydrogen) atoms. The number of carbonyl (C=O) groups excluding carboxylic acids is 1. The molecular weight excluding hydrogens is 228 g/mol. The first-order valence-corrected chi connectivity index (χ1v) is 6.43. The Labute approximate surface area is 107 Å². The van der Waals surface area contributed by atoms with Gasteiger partial charge in [0, 0.05) is 19.3 Å². The first-order valence-electron chi connectivity index (χ1n) is 6.43. The summed E-state index contributed by atoms with van der Waals surface area (Å²) in [6.07, 6.45) is 5.05. The van der Waals surface area contributed by atoms with Gasteiger partial charge in [-0.3, -0.25) is 9.78 Å². The van der Waals surface area contributed by atoms with Crippen LogP contribution in [-0.4, -0.2) is 29.1 Å². The van der Waals surface area contributed by atoms with Crippen LogP contribution in [0.4, 0.5) is 0 Å². The number of aliphatic hydroxyl groups excluding tert-OH is 1. The minimum Gasteiger partial charge on any atom is -0.396 e. The first kappa shape index (κ1) is 13.0. The van der Waals surface area contributed by atoms with Crippen molar-refractivity contribution in [3.63, 3.8) is 0 Å². The molecule has 2 N–H and O–H groups in total. The van der Waals surface area contributed by atoms with Crippen LogP contribution >= 0.6 is 0 Å². The van der Waals surface area contributed by atoms with Crippen LogP contribution in [0, 0.1) is 12.3 Å². The summed E-state index contributed by atoms with van der Waals surface area (Å²) in [6, 6.07) is 3.83. The van der Waals surface area contributed by atoms with E-state index in [0.29, 0.717) is 13.0 Å². The largest absolute Gasteiger partial charge is 0.396 e. The van der Waals surface area contributed by atoms with Gasteiger partial charge in [0.25, 0.3) is 0 Å². The van der Waals surface area contributed by atoms with Crippen molar-refractivity contribution in [2.24, 2.45) is 5.41 Å². The van der Waals surface area contributed by atoms with Gasteiger partial charge >= 0.3 is 0 Å². The highest BCUT2D eigenvalue weighted by molar-refractivity contribution is 5.78. The van der Waals surface area contributed by atoms with Crippen LogP contribution in [0.5, 0.6) is 0 Å². The smallest absolute Gasteiger partial charge is 0.226 e. The van der Waals surface area contributed by atoms with Gasteiger partial charge in [-0.15, -0.1) is 0 Å². The SMILES string of the molecule is Cc1cccnc1CC(=O)NCC1(CCO)CC1. The van der Waals surface area contributed by atoms with Gasteiger partial charge < -0.3 is 10.4 Å². The molecule has 1 heterocycles. The van der Waals surface area contributed by atoms with E-state index < -0.39 is 0 Å². The lowest BCUT2D eigenvalue weighted by atomic mass is 10.0. The zero-order valence-corrected chi connectivity index (χ0v) is 10.8. The molecule has 1 aromatic heterocycles. The number of aromatic nitrogens is 1. The van der Waals surface area contributed by atoms with Gasteiger partial charge in [-0.2, -0.15) is 0 Å². The summed E-state index contributed by atoms with van der Waals surface area (Å²) in [5, 5.41) is 11.9. The summed E-state index contributed by atoms with van der Waals surface area (Å²) >= 11 is 0. The second-order valence-corrected chi connectivity index (χ2v) is 5.19. The minimum atomic E-state index is 0.0148. The lowest BCUT2D eigenvalue weighted by molar-refractivity contribution is -0.120. The Morgan fingerprint density at radius 2 is 2.33 bits per heavy atom. The normalized spacial score (nSPS) is 16.3. The van der Waals surface area contributed by atoms with Crippen molar-refractivity contribution in [3.05, 3.63) is 29.6 Å². The molecule has 2 rings (SSSR count). The molecule has 1 aliphatic rings. The molecule has 1 aliphatic carbocycles. The average molecular weight is 248 g/mol. The van der Waals surface area contributed by atoms with E-state index in [1.807, 2.05) is 19.1 Å². The lowest BCUT2D eigenvalue weighted by Gasteiger charge is -2.14. The van der Waals surface area contributed by atoms with Crippen LogP contribution in [0.1, 0.15) is 30.5 Å². The van der Waals surface area contributed by atoms with Crippen LogP contribution in [0.15, 0.2) is 18.3 Å². The topological polar surface area (TPSA) is 62.2 Å². The van der Waals surface area contributed by atoms with Gasteiger partial charge in [0.2, 0.25) is 5.91 Å². The summed E-state index contributed by atoms with van der Waals surface area (Å²) in [5.41, 5.74) is 2.05. The molecular formula is C14H20N2O2. The predicted octanol–water partition coefficient (Wildman–Crippen LogP) is 1.21. The van der Waals surface area contributed by atoms with Gasteiger partial charge in [-0.1, -0.05) is 6.07 Å². The molecule has 0 bridgehead atoms. The number of aliphatic hydroxyl groups is 1. The van der Waals surface area contributed by atoms with E-state index in [1.54, 1.807) is 6.20 Å². The van der Waals surface area contributed by atoms with E-state index in [4.69, 9.17) is 5.11 Å². The maximum Gasteiger partial charge on any atom is 0.226 e. The van der Waals surface area contributed by atoms with Gasteiger partial charge in [-0.25, -0.2) is 0 Å². The molecule has 1 amide bonds. The van der Waals surface area contributed by atoms with Crippen molar-refractivity contribution in [2.45, 2.75) is 32.6 Å². The minimum absolute atomic E-state index is 0.0148. The number of nitrogens with one attached hydrogen (secondary N) is 1. The third-order valence-corrected chi connectivity index (χ3v) is 3.71. The molecule has 1 aromatic rings. The molecule has 0 atom stereocenters. The second kappa shape index (κ2) is 5.48. The van der Waals surface area contributed by atoms with Gasteiger partial charge in [0.1, 0.15) is 0 Å². The number of hydrogen-bond acceptors (Lipinski definition) is 3. The lowest BCUT2D eigenvalue weighted by Crippen LogP contribution is -2.32. The van der Waals surface area contributed by atoms with Crippen molar-refractivity contribution in [1.82, 2.24) is 10.3 Å². The van der Waals surface area contributed by atoms with E-state index in [0.717, 1.165) is 30.5 Å². The van der Waals surface area contributed by atoms with E-state index in [9.17, 15) is 4.79 Å². The van der Waals surface area contributed by atoms with Crippen molar-refractivity contribution < 1.29 is 9.90 Å². The second-order valence-electron chi connectivity index (χ2n) is 5.19. The van der Waals surface area contributed by atoms with Crippen molar-refractivity contribution in [2.75, 3.05) is 13.2 Å². The third kappa shape index (κ3) is 3.29. The van der Waals surface area contributed by atoms with Crippen LogP contribution < -0.4 is 5.32 Å². The molecule has 0 saturated heterocycles. The van der Waals surface area contributed by atoms with Gasteiger partial charge in [-0.05, 0) is 43.2 Å². The van der Waals surface area contributed by atoms with E-state index in [-0.39, 0.29) is 17.9 Å². The fourth-order valence-corrected chi connectivity index (χ4v) is 2.13.